The van der Waals surface area contributed by atoms with Gasteiger partial charge in [-0.25, -0.2) is 0 Å². The molecule has 0 bridgehead atoms. The third-order valence-corrected chi connectivity index (χ3v) is 2.48. The number of carbonyl (C=O) groups is 1. The first kappa shape index (κ1) is 9.26. The monoisotopic (exact) mass is 169 g/mol. The van der Waals surface area contributed by atoms with E-state index in [1.165, 1.54) is 18.3 Å². The van der Waals surface area contributed by atoms with Crippen LogP contribution < -0.4 is 5.73 Å². The average Bonchev–Trinajstić information content (AvgIpc) is 2.26. The van der Waals surface area contributed by atoms with Gasteiger partial charge in [-0.3, -0.25) is 4.79 Å². The van der Waals surface area contributed by atoms with Gasteiger partial charge >= 0.3 is 5.97 Å². The fraction of sp³-hybridized carbons (Fsp3) is 0.667. The van der Waals surface area contributed by atoms with Crippen molar-refractivity contribution in [3.63, 3.8) is 0 Å². The number of hydrogen-bond acceptors (Lipinski definition) is 3. The SMILES string of the molecule is COC(=O)C1(N)CC(C)=C(C)C1. The number of nitrogens with two attached hydrogens (primary N) is 1. The Labute approximate surface area is 72.6 Å². The standard InChI is InChI=1S/C9H15NO2/c1-6-4-9(10,5-7(6)2)8(11)12-3/h4-5,10H2,1-3H3. The maximum absolute atomic E-state index is 11.3. The highest BCUT2D eigenvalue weighted by atomic mass is 16.5. The second-order valence-electron chi connectivity index (χ2n) is 3.56. The minimum Gasteiger partial charge on any atom is -0.468 e. The van der Waals surface area contributed by atoms with Gasteiger partial charge in [0.2, 0.25) is 0 Å². The molecule has 12 heavy (non-hydrogen) atoms. The zero-order valence-electron chi connectivity index (χ0n) is 7.81. The predicted octanol–water partition coefficient (Wildman–Crippen LogP) is 0.987. The zero-order valence-corrected chi connectivity index (χ0v) is 7.81. The summed E-state index contributed by atoms with van der Waals surface area (Å²) < 4.78 is 4.64. The molecule has 0 saturated heterocycles. The lowest BCUT2D eigenvalue weighted by atomic mass is 9.96. The number of carbonyl (C=O) groups excluding carboxylic acids is 1. The van der Waals surface area contributed by atoms with E-state index >= 15 is 0 Å². The molecule has 0 spiro atoms. The lowest BCUT2D eigenvalue weighted by Crippen LogP contribution is -2.46. The smallest absolute Gasteiger partial charge is 0.326 e. The molecule has 68 valence electrons. The molecule has 0 aromatic rings. The Morgan fingerprint density at radius 1 is 1.42 bits per heavy atom. The van der Waals surface area contributed by atoms with E-state index in [4.69, 9.17) is 5.73 Å². The van der Waals surface area contributed by atoms with E-state index in [0.29, 0.717) is 12.8 Å². The minimum absolute atomic E-state index is 0.307. The second-order valence-corrected chi connectivity index (χ2v) is 3.56. The van der Waals surface area contributed by atoms with E-state index < -0.39 is 5.54 Å². The molecular formula is C9H15NO2. The van der Waals surface area contributed by atoms with Crippen molar-refractivity contribution in [2.45, 2.75) is 32.2 Å². The maximum atomic E-state index is 11.3. The van der Waals surface area contributed by atoms with Crippen LogP contribution in [0, 0.1) is 0 Å². The fourth-order valence-corrected chi connectivity index (χ4v) is 1.66. The lowest BCUT2D eigenvalue weighted by molar-refractivity contribution is -0.146. The van der Waals surface area contributed by atoms with E-state index in [-0.39, 0.29) is 5.97 Å². The number of esters is 1. The molecule has 1 aliphatic rings. The topological polar surface area (TPSA) is 52.3 Å². The van der Waals surface area contributed by atoms with Gasteiger partial charge in [0, 0.05) is 0 Å². The van der Waals surface area contributed by atoms with Gasteiger partial charge in [-0.15, -0.1) is 0 Å². The van der Waals surface area contributed by atoms with E-state index in [1.807, 2.05) is 13.8 Å². The van der Waals surface area contributed by atoms with Crippen molar-refractivity contribution in [3.05, 3.63) is 11.1 Å². The summed E-state index contributed by atoms with van der Waals surface area (Å²) in [5, 5.41) is 0. The largest absolute Gasteiger partial charge is 0.468 e. The van der Waals surface area contributed by atoms with E-state index in [9.17, 15) is 4.79 Å². The number of rotatable bonds is 1. The quantitative estimate of drug-likeness (QED) is 0.470. The molecule has 3 nitrogen and oxygen atoms in total. The van der Waals surface area contributed by atoms with Crippen LogP contribution in [-0.4, -0.2) is 18.6 Å². The number of methoxy groups -OCH3 is 1. The van der Waals surface area contributed by atoms with Crippen LogP contribution in [-0.2, 0) is 9.53 Å². The number of hydrogen-bond donors (Lipinski definition) is 1. The first-order valence-corrected chi connectivity index (χ1v) is 4.02. The van der Waals surface area contributed by atoms with Crippen LogP contribution in [0.3, 0.4) is 0 Å². The van der Waals surface area contributed by atoms with Crippen LogP contribution >= 0.6 is 0 Å². The van der Waals surface area contributed by atoms with E-state index in [1.54, 1.807) is 0 Å². The second kappa shape index (κ2) is 2.90. The van der Waals surface area contributed by atoms with Gasteiger partial charge in [0.1, 0.15) is 5.54 Å². The Balaban J connectivity index is 2.76. The normalized spacial score (nSPS) is 21.3. The lowest BCUT2D eigenvalue weighted by Gasteiger charge is -2.20. The van der Waals surface area contributed by atoms with Gasteiger partial charge in [-0.2, -0.15) is 0 Å². The van der Waals surface area contributed by atoms with E-state index in [0.717, 1.165) is 0 Å². The molecule has 0 amide bonds. The molecule has 0 fully saturated rings. The number of ether oxygens (including phenoxy) is 1. The van der Waals surface area contributed by atoms with Crippen LogP contribution in [0.5, 0.6) is 0 Å². The van der Waals surface area contributed by atoms with Gasteiger partial charge in [0.25, 0.3) is 0 Å². The van der Waals surface area contributed by atoms with Crippen molar-refractivity contribution in [1.82, 2.24) is 0 Å². The molecule has 0 aromatic carbocycles. The highest BCUT2D eigenvalue weighted by molar-refractivity contribution is 5.82. The minimum atomic E-state index is -0.789. The van der Waals surface area contributed by atoms with Crippen molar-refractivity contribution in [1.29, 1.82) is 0 Å². The van der Waals surface area contributed by atoms with Crippen molar-refractivity contribution in [2.24, 2.45) is 5.73 Å². The van der Waals surface area contributed by atoms with Gasteiger partial charge in [-0.05, 0) is 26.7 Å². The third kappa shape index (κ3) is 1.37. The Bertz CT molecular complexity index is 229. The predicted molar refractivity (Wildman–Crippen MR) is 46.5 cm³/mol. The molecule has 0 atom stereocenters. The summed E-state index contributed by atoms with van der Waals surface area (Å²) in [5.41, 5.74) is 7.51. The average molecular weight is 169 g/mol. The molecule has 2 N–H and O–H groups in total. The Morgan fingerprint density at radius 3 is 2.17 bits per heavy atom. The van der Waals surface area contributed by atoms with Crippen LogP contribution in [0.2, 0.25) is 0 Å². The summed E-state index contributed by atoms with van der Waals surface area (Å²) in [5.74, 6) is -0.307. The Kier molecular flexibility index (Phi) is 2.24. The van der Waals surface area contributed by atoms with Crippen molar-refractivity contribution >= 4 is 5.97 Å². The zero-order chi connectivity index (χ0) is 9.35. The molecule has 0 heterocycles. The molecule has 0 aliphatic heterocycles. The molecule has 0 aromatic heterocycles. The summed E-state index contributed by atoms with van der Waals surface area (Å²) >= 11 is 0. The van der Waals surface area contributed by atoms with Crippen LogP contribution in [0.25, 0.3) is 0 Å². The van der Waals surface area contributed by atoms with Crippen molar-refractivity contribution in [2.75, 3.05) is 7.11 Å². The fourth-order valence-electron chi connectivity index (χ4n) is 1.66. The van der Waals surface area contributed by atoms with Crippen molar-refractivity contribution < 1.29 is 9.53 Å². The first-order chi connectivity index (χ1) is 5.49. The summed E-state index contributed by atoms with van der Waals surface area (Å²) in [6, 6.07) is 0. The molecule has 0 radical (unpaired) electrons. The molecule has 0 unspecified atom stereocenters. The summed E-state index contributed by atoms with van der Waals surface area (Å²) in [4.78, 5) is 11.3. The van der Waals surface area contributed by atoms with Gasteiger partial charge in [0.05, 0.1) is 7.11 Å². The molecule has 1 aliphatic carbocycles. The molecule has 0 saturated carbocycles. The molecule has 3 heteroatoms. The summed E-state index contributed by atoms with van der Waals surface area (Å²) in [6.07, 6.45) is 1.26. The first-order valence-electron chi connectivity index (χ1n) is 4.02. The van der Waals surface area contributed by atoms with Gasteiger partial charge in [0.15, 0.2) is 0 Å². The van der Waals surface area contributed by atoms with E-state index in [2.05, 4.69) is 4.74 Å². The third-order valence-electron chi connectivity index (χ3n) is 2.48. The van der Waals surface area contributed by atoms with Crippen LogP contribution in [0.15, 0.2) is 11.1 Å². The Morgan fingerprint density at radius 2 is 1.83 bits per heavy atom. The summed E-state index contributed by atoms with van der Waals surface area (Å²) in [6.45, 7) is 4.01. The highest BCUT2D eigenvalue weighted by Crippen LogP contribution is 2.33. The van der Waals surface area contributed by atoms with Crippen molar-refractivity contribution in [3.8, 4) is 0 Å². The summed E-state index contributed by atoms with van der Waals surface area (Å²) in [7, 11) is 1.37. The maximum Gasteiger partial charge on any atom is 0.326 e. The molecular weight excluding hydrogens is 154 g/mol. The Hall–Kier alpha value is -0.830. The van der Waals surface area contributed by atoms with Crippen LogP contribution in [0.1, 0.15) is 26.7 Å². The highest BCUT2D eigenvalue weighted by Gasteiger charge is 2.40. The molecule has 1 rings (SSSR count). The van der Waals surface area contributed by atoms with Gasteiger partial charge < -0.3 is 10.5 Å². The van der Waals surface area contributed by atoms with Crippen LogP contribution in [0.4, 0.5) is 0 Å². The van der Waals surface area contributed by atoms with Gasteiger partial charge in [-0.1, -0.05) is 11.1 Å².